The molecule has 86 valence electrons. The van der Waals surface area contributed by atoms with Gasteiger partial charge in [0.2, 0.25) is 5.91 Å². The van der Waals surface area contributed by atoms with Crippen LogP contribution in [0, 0.1) is 0 Å². The van der Waals surface area contributed by atoms with Crippen LogP contribution < -0.4 is 5.73 Å². The highest BCUT2D eigenvalue weighted by Crippen LogP contribution is 2.24. The number of carbonyl (C=O) groups is 1. The van der Waals surface area contributed by atoms with Crippen molar-refractivity contribution in [2.75, 3.05) is 0 Å². The van der Waals surface area contributed by atoms with E-state index in [4.69, 9.17) is 5.73 Å². The molecule has 0 aromatic heterocycles. The van der Waals surface area contributed by atoms with Gasteiger partial charge in [0.25, 0.3) is 0 Å². The first-order valence-electron chi connectivity index (χ1n) is 5.71. The second kappa shape index (κ2) is 4.26. The summed E-state index contributed by atoms with van der Waals surface area (Å²) in [6.07, 6.45) is 0.740. The smallest absolute Gasteiger partial charge is 0.235 e. The third kappa shape index (κ3) is 1.95. The fourth-order valence-electron chi connectivity index (χ4n) is 2.35. The van der Waals surface area contributed by atoms with Gasteiger partial charge in [-0.05, 0) is 31.4 Å². The topological polar surface area (TPSA) is 46.3 Å². The zero-order valence-corrected chi connectivity index (χ0v) is 9.81. The summed E-state index contributed by atoms with van der Waals surface area (Å²) in [6, 6.07) is 8.45. The van der Waals surface area contributed by atoms with Gasteiger partial charge < -0.3 is 5.73 Å². The zero-order chi connectivity index (χ0) is 11.7. The van der Waals surface area contributed by atoms with Crippen molar-refractivity contribution < 1.29 is 4.79 Å². The van der Waals surface area contributed by atoms with Crippen molar-refractivity contribution in [2.45, 2.75) is 38.9 Å². The van der Waals surface area contributed by atoms with Crippen molar-refractivity contribution in [2.24, 2.45) is 5.73 Å². The van der Waals surface area contributed by atoms with Crippen LogP contribution in [0.5, 0.6) is 0 Å². The van der Waals surface area contributed by atoms with E-state index in [2.05, 4.69) is 30.9 Å². The highest BCUT2D eigenvalue weighted by Gasteiger charge is 2.31. The van der Waals surface area contributed by atoms with Crippen LogP contribution in [0.4, 0.5) is 0 Å². The Bertz CT molecular complexity index is 401. The number of nitrogens with zero attached hydrogens (tertiary/aromatic N) is 1. The summed E-state index contributed by atoms with van der Waals surface area (Å²) in [5.41, 5.74) is 8.04. The minimum atomic E-state index is -0.219. The lowest BCUT2D eigenvalue weighted by Gasteiger charge is -2.37. The predicted molar refractivity (Wildman–Crippen MR) is 63.8 cm³/mol. The Morgan fingerprint density at radius 3 is 2.56 bits per heavy atom. The summed E-state index contributed by atoms with van der Waals surface area (Å²) in [7, 11) is 0. The molecule has 3 nitrogen and oxygen atoms in total. The average molecular weight is 218 g/mol. The molecule has 1 amide bonds. The fraction of sp³-hybridized carbons (Fsp3) is 0.462. The molecule has 0 bridgehead atoms. The van der Waals surface area contributed by atoms with Crippen LogP contribution in [0.3, 0.4) is 0 Å². The van der Waals surface area contributed by atoms with Crippen molar-refractivity contribution >= 4 is 5.91 Å². The van der Waals surface area contributed by atoms with Gasteiger partial charge in [0.1, 0.15) is 0 Å². The summed E-state index contributed by atoms with van der Waals surface area (Å²) >= 11 is 0. The SMILES string of the molecule is CC(C)N1Cc2ccccc2C[C@H]1C(N)=O. The molecule has 1 atom stereocenters. The van der Waals surface area contributed by atoms with E-state index in [-0.39, 0.29) is 11.9 Å². The summed E-state index contributed by atoms with van der Waals surface area (Å²) in [6.45, 7) is 5.02. The first kappa shape index (κ1) is 11.1. The molecule has 1 aliphatic rings. The van der Waals surface area contributed by atoms with Crippen molar-refractivity contribution in [3.63, 3.8) is 0 Å². The van der Waals surface area contributed by atoms with Gasteiger partial charge in [0.15, 0.2) is 0 Å². The van der Waals surface area contributed by atoms with E-state index in [1.54, 1.807) is 0 Å². The number of fused-ring (bicyclic) bond motifs is 1. The van der Waals surface area contributed by atoms with Gasteiger partial charge >= 0.3 is 0 Å². The monoisotopic (exact) mass is 218 g/mol. The van der Waals surface area contributed by atoms with Crippen LogP contribution in [-0.2, 0) is 17.8 Å². The molecule has 0 spiro atoms. The maximum absolute atomic E-state index is 11.5. The van der Waals surface area contributed by atoms with Crippen LogP contribution in [0.1, 0.15) is 25.0 Å². The Morgan fingerprint density at radius 1 is 1.38 bits per heavy atom. The fourth-order valence-corrected chi connectivity index (χ4v) is 2.35. The average Bonchev–Trinajstić information content (AvgIpc) is 2.27. The number of hydrogen-bond acceptors (Lipinski definition) is 2. The lowest BCUT2D eigenvalue weighted by molar-refractivity contribution is -0.124. The van der Waals surface area contributed by atoms with E-state index >= 15 is 0 Å². The normalized spacial score (nSPS) is 20.8. The standard InChI is InChI=1S/C13H18N2O/c1-9(2)15-8-11-6-4-3-5-10(11)7-12(15)13(14)16/h3-6,9,12H,7-8H2,1-2H3,(H2,14,16)/t12-/m0/s1. The summed E-state index contributed by atoms with van der Waals surface area (Å²) in [5.74, 6) is -0.219. The molecule has 1 aromatic carbocycles. The number of primary amides is 1. The molecule has 2 rings (SSSR count). The first-order valence-corrected chi connectivity index (χ1v) is 5.71. The molecule has 1 aromatic rings. The number of benzene rings is 1. The molecule has 0 fully saturated rings. The minimum absolute atomic E-state index is 0.158. The number of amides is 1. The molecule has 1 heterocycles. The minimum Gasteiger partial charge on any atom is -0.368 e. The molecule has 2 N–H and O–H groups in total. The van der Waals surface area contributed by atoms with Crippen molar-refractivity contribution in [1.29, 1.82) is 0 Å². The highest BCUT2D eigenvalue weighted by molar-refractivity contribution is 5.80. The van der Waals surface area contributed by atoms with Gasteiger partial charge in [-0.1, -0.05) is 24.3 Å². The maximum atomic E-state index is 11.5. The van der Waals surface area contributed by atoms with Crippen LogP contribution in [-0.4, -0.2) is 22.9 Å². The lowest BCUT2D eigenvalue weighted by atomic mass is 9.92. The third-order valence-corrected chi connectivity index (χ3v) is 3.28. The Balaban J connectivity index is 2.33. The molecule has 0 unspecified atom stereocenters. The van der Waals surface area contributed by atoms with E-state index in [1.165, 1.54) is 11.1 Å². The lowest BCUT2D eigenvalue weighted by Crippen LogP contribution is -2.51. The van der Waals surface area contributed by atoms with Gasteiger partial charge in [-0.25, -0.2) is 0 Å². The van der Waals surface area contributed by atoms with Gasteiger partial charge in [0, 0.05) is 12.6 Å². The number of rotatable bonds is 2. The quantitative estimate of drug-likeness (QED) is 0.813. The molecule has 16 heavy (non-hydrogen) atoms. The maximum Gasteiger partial charge on any atom is 0.235 e. The largest absolute Gasteiger partial charge is 0.368 e. The van der Waals surface area contributed by atoms with Crippen LogP contribution >= 0.6 is 0 Å². The third-order valence-electron chi connectivity index (χ3n) is 3.28. The van der Waals surface area contributed by atoms with E-state index in [9.17, 15) is 4.79 Å². The molecular formula is C13H18N2O. The Hall–Kier alpha value is -1.35. The molecule has 0 aliphatic carbocycles. The second-order valence-corrected chi connectivity index (χ2v) is 4.66. The molecule has 1 aliphatic heterocycles. The predicted octanol–water partition coefficient (Wildman–Crippen LogP) is 1.31. The summed E-state index contributed by atoms with van der Waals surface area (Å²) < 4.78 is 0. The van der Waals surface area contributed by atoms with Crippen LogP contribution in [0.25, 0.3) is 0 Å². The van der Waals surface area contributed by atoms with Gasteiger partial charge in [-0.2, -0.15) is 0 Å². The van der Waals surface area contributed by atoms with Crippen LogP contribution in [0.15, 0.2) is 24.3 Å². The molecule has 0 saturated carbocycles. The number of carbonyl (C=O) groups excluding carboxylic acids is 1. The van der Waals surface area contributed by atoms with Gasteiger partial charge in [-0.15, -0.1) is 0 Å². The summed E-state index contributed by atoms with van der Waals surface area (Å²) in [4.78, 5) is 13.6. The zero-order valence-electron chi connectivity index (χ0n) is 9.81. The Kier molecular flexibility index (Phi) is 2.97. The van der Waals surface area contributed by atoms with Crippen molar-refractivity contribution in [3.8, 4) is 0 Å². The summed E-state index contributed by atoms with van der Waals surface area (Å²) in [5, 5.41) is 0. The number of nitrogens with two attached hydrogens (primary N) is 1. The highest BCUT2D eigenvalue weighted by atomic mass is 16.1. The van der Waals surface area contributed by atoms with Crippen molar-refractivity contribution in [1.82, 2.24) is 4.90 Å². The first-order chi connectivity index (χ1) is 7.59. The van der Waals surface area contributed by atoms with E-state index in [1.807, 2.05) is 12.1 Å². The van der Waals surface area contributed by atoms with E-state index in [0.29, 0.717) is 6.04 Å². The second-order valence-electron chi connectivity index (χ2n) is 4.66. The van der Waals surface area contributed by atoms with Gasteiger partial charge in [-0.3, -0.25) is 9.69 Å². The molecule has 0 radical (unpaired) electrons. The van der Waals surface area contributed by atoms with E-state index in [0.717, 1.165) is 13.0 Å². The Labute approximate surface area is 96.2 Å². The molecule has 0 saturated heterocycles. The Morgan fingerprint density at radius 2 is 2.00 bits per heavy atom. The van der Waals surface area contributed by atoms with Crippen LogP contribution in [0.2, 0.25) is 0 Å². The number of hydrogen-bond donors (Lipinski definition) is 1. The van der Waals surface area contributed by atoms with E-state index < -0.39 is 0 Å². The molecule has 3 heteroatoms. The van der Waals surface area contributed by atoms with Gasteiger partial charge in [0.05, 0.1) is 6.04 Å². The molecular weight excluding hydrogens is 200 g/mol. The van der Waals surface area contributed by atoms with Crippen molar-refractivity contribution in [3.05, 3.63) is 35.4 Å².